The number of aliphatic hydroxyl groups excluding tert-OH is 1. The van der Waals surface area contributed by atoms with Crippen molar-refractivity contribution in [1.29, 1.82) is 0 Å². The van der Waals surface area contributed by atoms with E-state index in [2.05, 4.69) is 32.5 Å². The summed E-state index contributed by atoms with van der Waals surface area (Å²) in [7, 11) is -19.0. The molecule has 1 aromatic rings. The van der Waals surface area contributed by atoms with E-state index >= 15 is 0 Å². The first-order valence-electron chi connectivity index (χ1n) is 11.5. The molecule has 0 bridgehead atoms. The second-order valence-corrected chi connectivity index (χ2v) is 14.4. The standard InChI is InChI=1S/C16H33N3O16P4/c1-13-10-15(20)16(33-13)12-32-38(25,26)35-39(27,28)34-37(23,24)31-9-5-7-19-11-14(17-18-19)6-3-4-8-30-36(21,22)29-2/h11,13,15-16,20H,3-10,12H2,1-2H3,(H,21,22)(H,23,24)(H,25,26)(H,27,28)/t13-,15+,16+/m0/s1. The van der Waals surface area contributed by atoms with Crippen molar-refractivity contribution in [3.05, 3.63) is 11.9 Å². The minimum absolute atomic E-state index is 0.0178. The predicted molar refractivity (Wildman–Crippen MR) is 129 cm³/mol. The third kappa shape index (κ3) is 13.9. The SMILES string of the molecule is COP(=O)(O)OCCCCc1cn(CCCOP(=O)(O)OP(=O)(O)OP(=O)(O)OC[C@H]2O[C@@H](C)C[C@H]2O)nn1. The number of aryl methyl sites for hydroxylation is 2. The van der Waals surface area contributed by atoms with Gasteiger partial charge in [0.1, 0.15) is 6.10 Å². The van der Waals surface area contributed by atoms with Gasteiger partial charge in [-0.2, -0.15) is 8.62 Å². The van der Waals surface area contributed by atoms with Crippen LogP contribution >= 0.6 is 31.3 Å². The Morgan fingerprint density at radius 2 is 1.56 bits per heavy atom. The second kappa shape index (κ2) is 15.2. The molecule has 1 fully saturated rings. The summed E-state index contributed by atoms with van der Waals surface area (Å²) in [6, 6.07) is 0. The van der Waals surface area contributed by atoms with Gasteiger partial charge in [0, 0.05) is 26.3 Å². The number of rotatable bonds is 19. The second-order valence-electron chi connectivity index (χ2n) is 8.25. The number of ether oxygens (including phenoxy) is 1. The fourth-order valence-electron chi connectivity index (χ4n) is 3.19. The maximum Gasteiger partial charge on any atom is 0.490 e. The summed E-state index contributed by atoms with van der Waals surface area (Å²) in [6.45, 7) is 0.749. The van der Waals surface area contributed by atoms with Crippen LogP contribution in [0.1, 0.15) is 38.3 Å². The van der Waals surface area contributed by atoms with E-state index in [1.165, 1.54) is 4.68 Å². The molecule has 0 amide bonds. The Bertz CT molecular complexity index is 1100. The zero-order valence-corrected chi connectivity index (χ0v) is 24.6. The number of hydrogen-bond acceptors (Lipinski definition) is 14. The van der Waals surface area contributed by atoms with E-state index in [0.717, 1.165) is 7.11 Å². The summed E-state index contributed by atoms with van der Waals surface area (Å²) in [5.41, 5.74) is 0.614. The Morgan fingerprint density at radius 1 is 0.949 bits per heavy atom. The lowest BCUT2D eigenvalue weighted by Crippen LogP contribution is -2.26. The zero-order chi connectivity index (χ0) is 29.3. The van der Waals surface area contributed by atoms with Gasteiger partial charge in [-0.25, -0.2) is 18.3 Å². The molecule has 2 rings (SSSR count). The molecule has 2 heterocycles. The molecule has 7 atom stereocenters. The summed E-state index contributed by atoms with van der Waals surface area (Å²) >= 11 is 0. The van der Waals surface area contributed by atoms with Crippen molar-refractivity contribution < 1.29 is 74.4 Å². The van der Waals surface area contributed by atoms with Gasteiger partial charge in [0.2, 0.25) is 0 Å². The lowest BCUT2D eigenvalue weighted by molar-refractivity contribution is -0.0167. The van der Waals surface area contributed by atoms with Crippen LogP contribution in [0.25, 0.3) is 0 Å². The number of unbranched alkanes of at least 4 members (excludes halogenated alkanes) is 1. The van der Waals surface area contributed by atoms with Crippen LogP contribution in [-0.2, 0) is 62.7 Å². The summed E-state index contributed by atoms with van der Waals surface area (Å²) in [5.74, 6) is 0. The average molecular weight is 647 g/mol. The van der Waals surface area contributed by atoms with E-state index in [1.807, 2.05) is 0 Å². The van der Waals surface area contributed by atoms with Gasteiger partial charge in [-0.05, 0) is 32.6 Å². The first-order valence-corrected chi connectivity index (χ1v) is 17.5. The highest BCUT2D eigenvalue weighted by atomic mass is 31.3. The Kier molecular flexibility index (Phi) is 13.5. The molecule has 1 aliphatic rings. The lowest BCUT2D eigenvalue weighted by atomic mass is 10.1. The van der Waals surface area contributed by atoms with Crippen molar-refractivity contribution in [2.45, 2.75) is 63.9 Å². The van der Waals surface area contributed by atoms with Gasteiger partial charge in [-0.3, -0.25) is 22.8 Å². The Balaban J connectivity index is 1.68. The summed E-state index contributed by atoms with van der Waals surface area (Å²) in [4.78, 5) is 38.0. The molecule has 228 valence electrons. The van der Waals surface area contributed by atoms with Gasteiger partial charge in [-0.1, -0.05) is 5.21 Å². The minimum Gasteiger partial charge on any atom is -0.390 e. The number of hydrogen-bond donors (Lipinski definition) is 5. The molecule has 4 unspecified atom stereocenters. The van der Waals surface area contributed by atoms with E-state index in [4.69, 9.17) is 14.2 Å². The van der Waals surface area contributed by atoms with Crippen LogP contribution in [0.2, 0.25) is 0 Å². The van der Waals surface area contributed by atoms with E-state index in [9.17, 15) is 38.0 Å². The molecule has 39 heavy (non-hydrogen) atoms. The summed E-state index contributed by atoms with van der Waals surface area (Å²) < 4.78 is 79.8. The Morgan fingerprint density at radius 3 is 2.18 bits per heavy atom. The van der Waals surface area contributed by atoms with Crippen molar-refractivity contribution in [3.8, 4) is 0 Å². The van der Waals surface area contributed by atoms with Crippen molar-refractivity contribution >= 4 is 31.3 Å². The van der Waals surface area contributed by atoms with E-state index in [-0.39, 0.29) is 32.1 Å². The Labute approximate surface area is 223 Å². The zero-order valence-electron chi connectivity index (χ0n) is 21.0. The molecule has 19 nitrogen and oxygen atoms in total. The van der Waals surface area contributed by atoms with Gasteiger partial charge >= 0.3 is 31.3 Å². The van der Waals surface area contributed by atoms with Crippen molar-refractivity contribution in [1.82, 2.24) is 15.0 Å². The van der Waals surface area contributed by atoms with E-state index < -0.39 is 56.7 Å². The summed E-state index contributed by atoms with van der Waals surface area (Å²) in [6.07, 6.45) is 1.17. The molecule has 1 aliphatic heterocycles. The van der Waals surface area contributed by atoms with Crippen LogP contribution in [0.4, 0.5) is 0 Å². The summed E-state index contributed by atoms with van der Waals surface area (Å²) in [5, 5.41) is 17.5. The molecule has 0 spiro atoms. The molecule has 0 saturated carbocycles. The number of phosphoric ester groups is 3. The smallest absolute Gasteiger partial charge is 0.390 e. The lowest BCUT2D eigenvalue weighted by Gasteiger charge is -2.20. The number of aliphatic hydroxyl groups is 1. The van der Waals surface area contributed by atoms with E-state index in [1.54, 1.807) is 13.1 Å². The van der Waals surface area contributed by atoms with Crippen molar-refractivity contribution in [2.24, 2.45) is 0 Å². The van der Waals surface area contributed by atoms with Crippen LogP contribution in [0, 0.1) is 0 Å². The van der Waals surface area contributed by atoms with Crippen molar-refractivity contribution in [2.75, 3.05) is 26.9 Å². The fourth-order valence-corrected chi connectivity index (χ4v) is 7.20. The normalized spacial score (nSPS) is 26.0. The number of aromatic nitrogens is 3. The van der Waals surface area contributed by atoms with Gasteiger partial charge in [0.05, 0.1) is 37.7 Å². The highest BCUT2D eigenvalue weighted by molar-refractivity contribution is 7.66. The molecule has 0 aromatic carbocycles. The third-order valence-corrected chi connectivity index (χ3v) is 10.2. The van der Waals surface area contributed by atoms with Crippen LogP contribution in [0.5, 0.6) is 0 Å². The van der Waals surface area contributed by atoms with Gasteiger partial charge in [-0.15, -0.1) is 5.10 Å². The molecular weight excluding hydrogens is 614 g/mol. The molecule has 23 heteroatoms. The quantitative estimate of drug-likeness (QED) is 0.106. The fraction of sp³-hybridized carbons (Fsp3) is 0.875. The highest BCUT2D eigenvalue weighted by Gasteiger charge is 2.43. The van der Waals surface area contributed by atoms with Crippen LogP contribution < -0.4 is 0 Å². The van der Waals surface area contributed by atoms with Crippen LogP contribution in [-0.4, -0.2) is 84.9 Å². The topological polar surface area (TPSA) is 265 Å². The highest BCUT2D eigenvalue weighted by Crippen LogP contribution is 2.67. The predicted octanol–water partition coefficient (Wildman–Crippen LogP) is 1.66. The largest absolute Gasteiger partial charge is 0.490 e. The molecule has 1 aromatic heterocycles. The molecule has 1 saturated heterocycles. The van der Waals surface area contributed by atoms with Crippen LogP contribution in [0.3, 0.4) is 0 Å². The van der Waals surface area contributed by atoms with Gasteiger partial charge < -0.3 is 29.4 Å². The van der Waals surface area contributed by atoms with Gasteiger partial charge in [0.15, 0.2) is 0 Å². The maximum absolute atomic E-state index is 12.0. The first-order chi connectivity index (χ1) is 18.0. The number of phosphoric acid groups is 4. The molecule has 5 N–H and O–H groups in total. The number of nitrogens with zero attached hydrogens (tertiary/aromatic N) is 3. The monoisotopic (exact) mass is 647 g/mol. The van der Waals surface area contributed by atoms with Crippen molar-refractivity contribution in [3.63, 3.8) is 0 Å². The molecular formula is C16H33N3O16P4. The van der Waals surface area contributed by atoms with Crippen LogP contribution in [0.15, 0.2) is 6.20 Å². The Hall–Kier alpha value is -0.420. The average Bonchev–Trinajstić information content (AvgIpc) is 3.38. The van der Waals surface area contributed by atoms with E-state index in [0.29, 0.717) is 25.0 Å². The molecule has 0 radical (unpaired) electrons. The van der Waals surface area contributed by atoms with Gasteiger partial charge in [0.25, 0.3) is 0 Å². The molecule has 0 aliphatic carbocycles. The third-order valence-electron chi connectivity index (χ3n) is 4.91. The minimum atomic E-state index is -5.61. The first kappa shape index (κ1) is 34.8. The maximum atomic E-state index is 12.0.